The third-order valence-electron chi connectivity index (χ3n) is 5.26. The van der Waals surface area contributed by atoms with Crippen molar-refractivity contribution < 1.29 is 14.3 Å². The first kappa shape index (κ1) is 23.9. The molecule has 1 aliphatic heterocycles. The Morgan fingerprint density at radius 3 is 2.59 bits per heavy atom. The van der Waals surface area contributed by atoms with Crippen LogP contribution in [0.4, 0.5) is 11.6 Å². The molecule has 0 bridgehead atoms. The molecule has 1 saturated heterocycles. The second kappa shape index (κ2) is 11.3. The Hall–Kier alpha value is -3.24. The Bertz CT molecular complexity index is 1090. The van der Waals surface area contributed by atoms with Gasteiger partial charge in [0.2, 0.25) is 5.95 Å². The van der Waals surface area contributed by atoms with E-state index >= 15 is 0 Å². The molecular weight excluding hydrogens is 452 g/mol. The monoisotopic (exact) mass is 482 g/mol. The molecule has 1 amide bonds. The van der Waals surface area contributed by atoms with Crippen LogP contribution < -0.4 is 20.2 Å². The molecule has 0 spiro atoms. The van der Waals surface area contributed by atoms with Crippen LogP contribution in [-0.4, -0.2) is 69.5 Å². The zero-order valence-electron chi connectivity index (χ0n) is 19.5. The largest absolute Gasteiger partial charge is 0.488 e. The Kier molecular flexibility index (Phi) is 7.91. The molecular formula is C24H30N6O3S. The Morgan fingerprint density at radius 2 is 1.91 bits per heavy atom. The van der Waals surface area contributed by atoms with Crippen molar-refractivity contribution in [2.45, 2.75) is 20.0 Å². The van der Waals surface area contributed by atoms with Crippen LogP contribution in [0, 0.1) is 0 Å². The van der Waals surface area contributed by atoms with E-state index in [1.807, 2.05) is 43.8 Å². The summed E-state index contributed by atoms with van der Waals surface area (Å²) >= 11 is 1.98. The van der Waals surface area contributed by atoms with Gasteiger partial charge < -0.3 is 15.2 Å². The van der Waals surface area contributed by atoms with E-state index in [-0.39, 0.29) is 18.0 Å². The summed E-state index contributed by atoms with van der Waals surface area (Å²) in [6, 6.07) is 14.3. The van der Waals surface area contributed by atoms with Gasteiger partial charge in [-0.3, -0.25) is 9.69 Å². The average molecular weight is 483 g/mol. The highest BCUT2D eigenvalue weighted by atomic mass is 32.2. The first-order valence-electron chi connectivity index (χ1n) is 11.3. The molecule has 2 heterocycles. The molecule has 2 N–H and O–H groups in total. The Labute approximate surface area is 203 Å². The fourth-order valence-electron chi connectivity index (χ4n) is 3.62. The van der Waals surface area contributed by atoms with E-state index in [4.69, 9.17) is 15.2 Å². The molecule has 0 saturated carbocycles. The number of carbonyl (C=O) groups is 1. The number of nitrogen functional groups attached to an aromatic ring is 1. The van der Waals surface area contributed by atoms with Gasteiger partial charge in [-0.15, -0.1) is 9.89 Å². The summed E-state index contributed by atoms with van der Waals surface area (Å²) < 4.78 is 12.2. The van der Waals surface area contributed by atoms with E-state index in [0.717, 1.165) is 31.1 Å². The number of nitrogens with zero attached hydrogens (tertiary/aromatic N) is 5. The lowest BCUT2D eigenvalue weighted by Crippen LogP contribution is -2.38. The molecule has 1 fully saturated rings. The summed E-state index contributed by atoms with van der Waals surface area (Å²) in [6.45, 7) is 7.40. The molecule has 2 aromatic carbocycles. The van der Waals surface area contributed by atoms with Gasteiger partial charge in [-0.25, -0.2) is 0 Å². The molecule has 10 heteroatoms. The highest BCUT2D eigenvalue weighted by Crippen LogP contribution is 2.34. The van der Waals surface area contributed by atoms with Gasteiger partial charge in [-0.2, -0.15) is 21.8 Å². The van der Waals surface area contributed by atoms with E-state index in [1.54, 1.807) is 30.3 Å². The minimum absolute atomic E-state index is 0.0275. The predicted molar refractivity (Wildman–Crippen MR) is 135 cm³/mol. The van der Waals surface area contributed by atoms with Crippen LogP contribution in [-0.2, 0) is 0 Å². The number of thioether (sulfide) groups is 1. The quantitative estimate of drug-likeness (QED) is 0.497. The van der Waals surface area contributed by atoms with Gasteiger partial charge in [-0.1, -0.05) is 18.2 Å². The molecule has 0 atom stereocenters. The van der Waals surface area contributed by atoms with Crippen molar-refractivity contribution in [1.29, 1.82) is 0 Å². The van der Waals surface area contributed by atoms with Crippen molar-refractivity contribution in [2.24, 2.45) is 0 Å². The van der Waals surface area contributed by atoms with Crippen LogP contribution in [0.2, 0.25) is 0 Å². The average Bonchev–Trinajstić information content (AvgIpc) is 3.27. The molecule has 34 heavy (non-hydrogen) atoms. The van der Waals surface area contributed by atoms with Crippen LogP contribution in [0.25, 0.3) is 0 Å². The third-order valence-corrected chi connectivity index (χ3v) is 6.20. The van der Waals surface area contributed by atoms with Gasteiger partial charge in [0, 0.05) is 42.8 Å². The van der Waals surface area contributed by atoms with Crippen LogP contribution in [0.15, 0.2) is 54.9 Å². The van der Waals surface area contributed by atoms with E-state index in [9.17, 15) is 4.79 Å². The van der Waals surface area contributed by atoms with Crippen molar-refractivity contribution in [3.05, 3.63) is 60.4 Å². The predicted octanol–water partition coefficient (Wildman–Crippen LogP) is 3.19. The van der Waals surface area contributed by atoms with Crippen molar-refractivity contribution in [3.8, 4) is 11.5 Å². The van der Waals surface area contributed by atoms with Crippen molar-refractivity contribution in [2.75, 3.05) is 48.5 Å². The molecule has 0 radical (unpaired) electrons. The molecule has 0 aliphatic carbocycles. The van der Waals surface area contributed by atoms with Crippen molar-refractivity contribution in [1.82, 2.24) is 19.8 Å². The summed E-state index contributed by atoms with van der Waals surface area (Å²) in [5, 5.41) is 5.55. The summed E-state index contributed by atoms with van der Waals surface area (Å²) in [6.07, 6.45) is 1.28. The van der Waals surface area contributed by atoms with Crippen molar-refractivity contribution in [3.63, 3.8) is 0 Å². The van der Waals surface area contributed by atoms with E-state index in [0.29, 0.717) is 29.4 Å². The highest BCUT2D eigenvalue weighted by Gasteiger charge is 2.24. The summed E-state index contributed by atoms with van der Waals surface area (Å²) in [4.78, 5) is 21.2. The molecule has 1 aromatic heterocycles. The molecule has 4 rings (SSSR count). The maximum absolute atomic E-state index is 13.5. The minimum Gasteiger partial charge on any atom is -0.488 e. The molecule has 0 unspecified atom stereocenters. The van der Waals surface area contributed by atoms with Gasteiger partial charge in [0.1, 0.15) is 12.9 Å². The normalized spacial score (nSPS) is 14.2. The molecule has 9 nitrogen and oxygen atoms in total. The number of rotatable bonds is 9. The topological polar surface area (TPSA) is 98.7 Å². The number of hydrogen-bond donors (Lipinski definition) is 1. The van der Waals surface area contributed by atoms with Gasteiger partial charge in [-0.05, 0) is 38.1 Å². The van der Waals surface area contributed by atoms with Gasteiger partial charge in [0.25, 0.3) is 5.91 Å². The van der Waals surface area contributed by atoms with E-state index in [1.165, 1.54) is 16.1 Å². The fourth-order valence-corrected chi connectivity index (χ4v) is 4.60. The zero-order chi connectivity index (χ0) is 23.9. The van der Waals surface area contributed by atoms with E-state index < -0.39 is 0 Å². The van der Waals surface area contributed by atoms with Crippen LogP contribution in [0.1, 0.15) is 24.2 Å². The summed E-state index contributed by atoms with van der Waals surface area (Å²) in [5.41, 5.74) is 7.05. The smallest absolute Gasteiger partial charge is 0.278 e. The Balaban J connectivity index is 1.64. The minimum atomic E-state index is -0.299. The zero-order valence-corrected chi connectivity index (χ0v) is 20.3. The molecule has 3 aromatic rings. The van der Waals surface area contributed by atoms with Crippen LogP contribution in [0.3, 0.4) is 0 Å². The number of benzene rings is 2. The summed E-state index contributed by atoms with van der Waals surface area (Å²) in [7, 11) is 0. The second-order valence-electron chi connectivity index (χ2n) is 8.09. The highest BCUT2D eigenvalue weighted by molar-refractivity contribution is 7.99. The lowest BCUT2D eigenvalue weighted by atomic mass is 10.2. The first-order chi connectivity index (χ1) is 16.5. The lowest BCUT2D eigenvalue weighted by Gasteiger charge is -2.27. The number of nitrogens with two attached hydrogens (primary N) is 1. The first-order valence-corrected chi connectivity index (χ1v) is 12.5. The fraction of sp³-hybridized carbons (Fsp3) is 0.375. The number of anilines is 2. The number of ether oxygens (including phenoxy) is 2. The van der Waals surface area contributed by atoms with Gasteiger partial charge in [0.05, 0.1) is 11.8 Å². The molecule has 1 aliphatic rings. The van der Waals surface area contributed by atoms with Crippen molar-refractivity contribution >= 4 is 29.3 Å². The summed E-state index contributed by atoms with van der Waals surface area (Å²) in [5.74, 6) is 3.26. The standard InChI is InChI=1S/C24H30N6O3S/c1-18(2)33-21-9-8-20(16-22(21)32-13-10-28-11-14-34-15-12-28)29(30-24(25)26-17-27-30)23(31)19-6-4-3-5-7-19/h3-9,16-18H,10-15H2,1-2H3,(H2,25,26,27). The number of aromatic nitrogens is 3. The maximum Gasteiger partial charge on any atom is 0.278 e. The second-order valence-corrected chi connectivity index (χ2v) is 9.32. The SMILES string of the molecule is CC(C)Oc1ccc(N(C(=O)c2ccccc2)n2ncnc2N)cc1OCCN1CCSCC1. The Morgan fingerprint density at radius 1 is 1.15 bits per heavy atom. The molecule has 180 valence electrons. The number of amides is 1. The van der Waals surface area contributed by atoms with Crippen LogP contribution >= 0.6 is 11.8 Å². The number of hydrogen-bond acceptors (Lipinski definition) is 8. The van der Waals surface area contributed by atoms with E-state index in [2.05, 4.69) is 15.0 Å². The van der Waals surface area contributed by atoms with Gasteiger partial charge >= 0.3 is 0 Å². The van der Waals surface area contributed by atoms with Gasteiger partial charge in [0.15, 0.2) is 11.5 Å². The lowest BCUT2D eigenvalue weighted by molar-refractivity contribution is 0.0972. The maximum atomic E-state index is 13.5. The van der Waals surface area contributed by atoms with Crippen LogP contribution in [0.5, 0.6) is 11.5 Å². The third kappa shape index (κ3) is 5.81. The number of carbonyl (C=O) groups excluding carboxylic acids is 1.